The molecule has 9 nitrogen and oxygen atoms in total. The van der Waals surface area contributed by atoms with Gasteiger partial charge >= 0.3 is 0 Å². The highest BCUT2D eigenvalue weighted by atomic mass is 35.5. The van der Waals surface area contributed by atoms with Crippen molar-refractivity contribution >= 4 is 34.0 Å². The van der Waals surface area contributed by atoms with E-state index in [2.05, 4.69) is 15.4 Å². The summed E-state index contributed by atoms with van der Waals surface area (Å²) in [7, 11) is -4.01. The van der Waals surface area contributed by atoms with Crippen LogP contribution in [0.3, 0.4) is 0 Å². The fourth-order valence-electron chi connectivity index (χ4n) is 2.89. The largest absolute Gasteiger partial charge is 0.355 e. The first-order valence-electron chi connectivity index (χ1n) is 8.60. The molecule has 1 amide bonds. The summed E-state index contributed by atoms with van der Waals surface area (Å²) in [4.78, 5) is 21.6. The Morgan fingerprint density at radius 1 is 1.22 bits per heavy atom. The molecule has 27 heavy (non-hydrogen) atoms. The molecule has 1 aromatic rings. The molecule has 1 heterocycles. The number of benzene rings is 1. The third kappa shape index (κ3) is 7.41. The van der Waals surface area contributed by atoms with Gasteiger partial charge in [0.15, 0.2) is 4.90 Å². The van der Waals surface area contributed by atoms with Crippen molar-refractivity contribution in [3.63, 3.8) is 0 Å². The van der Waals surface area contributed by atoms with Crippen molar-refractivity contribution < 1.29 is 18.1 Å². The van der Waals surface area contributed by atoms with Crippen LogP contribution in [0.15, 0.2) is 29.2 Å². The molecule has 0 spiro atoms. The summed E-state index contributed by atoms with van der Waals surface area (Å²) in [5, 5.41) is 16.9. The highest BCUT2D eigenvalue weighted by Gasteiger charge is 2.24. The zero-order valence-corrected chi connectivity index (χ0v) is 16.5. The summed E-state index contributed by atoms with van der Waals surface area (Å²) < 4.78 is 26.7. The fraction of sp³-hybridized carbons (Fsp3) is 0.562. The van der Waals surface area contributed by atoms with E-state index >= 15 is 0 Å². The second-order valence-corrected chi connectivity index (χ2v) is 7.94. The predicted octanol–water partition coefficient (Wildman–Crippen LogP) is 1.19. The quantitative estimate of drug-likeness (QED) is 0.312. The number of halogens is 1. The standard InChI is InChI=1S/C16H24N4O5S.ClH/c21-16(6-5-13-7-9-17-10-8-13)18-11-12-19-26(24,25)15-4-2-1-3-14(15)20(22)23;/h1-4,13,17,19H,5-12H2,(H,18,21);1H. The molecule has 0 saturated carbocycles. The lowest BCUT2D eigenvalue weighted by Gasteiger charge is -2.22. The lowest BCUT2D eigenvalue weighted by Crippen LogP contribution is -2.35. The van der Waals surface area contributed by atoms with Crippen LogP contribution in [0.4, 0.5) is 5.69 Å². The van der Waals surface area contributed by atoms with Gasteiger partial charge in [-0.1, -0.05) is 12.1 Å². The Morgan fingerprint density at radius 3 is 2.56 bits per heavy atom. The molecule has 152 valence electrons. The Labute approximate surface area is 164 Å². The van der Waals surface area contributed by atoms with Gasteiger partial charge in [0.25, 0.3) is 5.69 Å². The minimum Gasteiger partial charge on any atom is -0.355 e. The summed E-state index contributed by atoms with van der Waals surface area (Å²) in [5.74, 6) is 0.438. The van der Waals surface area contributed by atoms with Gasteiger partial charge in [0, 0.05) is 25.6 Å². The van der Waals surface area contributed by atoms with Crippen molar-refractivity contribution in [2.75, 3.05) is 26.2 Å². The first-order valence-corrected chi connectivity index (χ1v) is 10.1. The normalized spacial score (nSPS) is 15.0. The second-order valence-electron chi connectivity index (χ2n) is 6.20. The SMILES string of the molecule is Cl.O=C(CCC1CCNCC1)NCCNS(=O)(=O)c1ccccc1[N+](=O)[O-]. The van der Waals surface area contributed by atoms with Gasteiger partial charge in [-0.25, -0.2) is 13.1 Å². The molecule has 0 aliphatic carbocycles. The number of para-hydroxylation sites is 1. The van der Waals surface area contributed by atoms with E-state index in [1.54, 1.807) is 0 Å². The molecule has 3 N–H and O–H groups in total. The fourth-order valence-corrected chi connectivity index (χ4v) is 4.10. The van der Waals surface area contributed by atoms with Crippen LogP contribution in [0.2, 0.25) is 0 Å². The van der Waals surface area contributed by atoms with Gasteiger partial charge in [-0.05, 0) is 44.3 Å². The Balaban J connectivity index is 0.00000364. The number of sulfonamides is 1. The molecule has 0 unspecified atom stereocenters. The summed E-state index contributed by atoms with van der Waals surface area (Å²) in [6, 6.07) is 5.14. The van der Waals surface area contributed by atoms with Crippen LogP contribution < -0.4 is 15.4 Å². The van der Waals surface area contributed by atoms with Crippen LogP contribution in [0, 0.1) is 16.0 Å². The van der Waals surface area contributed by atoms with Gasteiger partial charge in [-0.3, -0.25) is 14.9 Å². The van der Waals surface area contributed by atoms with Crippen molar-refractivity contribution in [2.24, 2.45) is 5.92 Å². The van der Waals surface area contributed by atoms with E-state index in [1.165, 1.54) is 18.2 Å². The van der Waals surface area contributed by atoms with Crippen molar-refractivity contribution in [1.29, 1.82) is 0 Å². The molecule has 0 aromatic heterocycles. The molecule has 1 aliphatic rings. The van der Waals surface area contributed by atoms with Gasteiger partial charge < -0.3 is 10.6 Å². The smallest absolute Gasteiger partial charge is 0.289 e. The van der Waals surface area contributed by atoms with E-state index in [0.717, 1.165) is 38.4 Å². The van der Waals surface area contributed by atoms with E-state index in [0.29, 0.717) is 12.3 Å². The molecule has 1 aromatic carbocycles. The predicted molar refractivity (Wildman–Crippen MR) is 103 cm³/mol. The number of hydrogen-bond donors (Lipinski definition) is 3. The third-order valence-electron chi connectivity index (χ3n) is 4.33. The monoisotopic (exact) mass is 420 g/mol. The number of nitrogens with zero attached hydrogens (tertiary/aromatic N) is 1. The number of piperidine rings is 1. The van der Waals surface area contributed by atoms with Gasteiger partial charge in [-0.15, -0.1) is 12.4 Å². The van der Waals surface area contributed by atoms with Crippen LogP contribution in [0.1, 0.15) is 25.7 Å². The Bertz CT molecular complexity index is 738. The van der Waals surface area contributed by atoms with Crippen LogP contribution in [-0.2, 0) is 14.8 Å². The van der Waals surface area contributed by atoms with Crippen LogP contribution in [0.5, 0.6) is 0 Å². The van der Waals surface area contributed by atoms with E-state index in [4.69, 9.17) is 0 Å². The summed E-state index contributed by atoms with van der Waals surface area (Å²) in [6.45, 7) is 2.07. The third-order valence-corrected chi connectivity index (χ3v) is 5.84. The number of carbonyl (C=O) groups excluding carboxylic acids is 1. The molecule has 0 radical (unpaired) electrons. The minimum absolute atomic E-state index is 0. The first-order chi connectivity index (χ1) is 12.4. The lowest BCUT2D eigenvalue weighted by molar-refractivity contribution is -0.387. The van der Waals surface area contributed by atoms with Gasteiger partial charge in [0.1, 0.15) is 0 Å². The maximum atomic E-state index is 12.2. The molecule has 0 bridgehead atoms. The molecule has 1 fully saturated rings. The molecular formula is C16H25ClN4O5S. The van der Waals surface area contributed by atoms with Gasteiger partial charge in [0.05, 0.1) is 4.92 Å². The number of rotatable bonds is 9. The zero-order valence-electron chi connectivity index (χ0n) is 14.8. The van der Waals surface area contributed by atoms with Crippen LogP contribution in [-0.4, -0.2) is 45.4 Å². The first kappa shape index (κ1) is 23.3. The van der Waals surface area contributed by atoms with Crippen molar-refractivity contribution in [1.82, 2.24) is 15.4 Å². The van der Waals surface area contributed by atoms with Gasteiger partial charge in [-0.2, -0.15) is 0 Å². The average Bonchev–Trinajstić information content (AvgIpc) is 2.64. The Morgan fingerprint density at radius 2 is 1.89 bits per heavy atom. The molecular weight excluding hydrogens is 396 g/mol. The highest BCUT2D eigenvalue weighted by molar-refractivity contribution is 7.89. The maximum absolute atomic E-state index is 12.2. The molecule has 0 atom stereocenters. The van der Waals surface area contributed by atoms with E-state index in [1.807, 2.05) is 0 Å². The van der Waals surface area contributed by atoms with Crippen molar-refractivity contribution in [3.8, 4) is 0 Å². The number of nitrogens with one attached hydrogen (secondary N) is 3. The summed E-state index contributed by atoms with van der Waals surface area (Å²) >= 11 is 0. The number of nitro benzene ring substituents is 1. The minimum atomic E-state index is -4.01. The number of carbonyl (C=O) groups is 1. The molecule has 1 saturated heterocycles. The van der Waals surface area contributed by atoms with E-state index in [-0.39, 0.29) is 36.3 Å². The summed E-state index contributed by atoms with van der Waals surface area (Å²) in [5.41, 5.74) is -0.481. The highest BCUT2D eigenvalue weighted by Crippen LogP contribution is 2.22. The number of hydrogen-bond acceptors (Lipinski definition) is 6. The summed E-state index contributed by atoms with van der Waals surface area (Å²) in [6.07, 6.45) is 3.39. The zero-order chi connectivity index (χ0) is 19.0. The van der Waals surface area contributed by atoms with E-state index in [9.17, 15) is 23.3 Å². The molecule has 2 rings (SSSR count). The number of amides is 1. The lowest BCUT2D eigenvalue weighted by atomic mass is 9.93. The van der Waals surface area contributed by atoms with Crippen LogP contribution >= 0.6 is 12.4 Å². The van der Waals surface area contributed by atoms with Crippen LogP contribution in [0.25, 0.3) is 0 Å². The molecule has 11 heteroatoms. The topological polar surface area (TPSA) is 130 Å². The van der Waals surface area contributed by atoms with Crippen molar-refractivity contribution in [2.45, 2.75) is 30.6 Å². The van der Waals surface area contributed by atoms with Gasteiger partial charge in [0.2, 0.25) is 15.9 Å². The second kappa shape index (κ2) is 11.2. The maximum Gasteiger partial charge on any atom is 0.289 e. The van der Waals surface area contributed by atoms with E-state index < -0.39 is 20.6 Å². The Kier molecular flexibility index (Phi) is 9.64. The molecule has 1 aliphatic heterocycles. The van der Waals surface area contributed by atoms with Crippen molar-refractivity contribution in [3.05, 3.63) is 34.4 Å². The average molecular weight is 421 g/mol. The number of nitro groups is 1. The Hall–Kier alpha value is -1.75.